The Morgan fingerprint density at radius 1 is 0.508 bits per heavy atom. The number of aliphatic hydroxyl groups excluding tert-OH is 2. The van der Waals surface area contributed by atoms with Gasteiger partial charge in [-0.1, -0.05) is 231 Å². The normalized spacial score (nSPS) is 13.5. The molecule has 0 spiro atoms. The number of hydrogen-bond acceptors (Lipinski definition) is 5. The van der Waals surface area contributed by atoms with E-state index in [2.05, 4.69) is 62.5 Å². The molecule has 59 heavy (non-hydrogen) atoms. The summed E-state index contributed by atoms with van der Waals surface area (Å²) in [4.78, 5) is 26.1. The maximum absolute atomic E-state index is 13.2. The minimum absolute atomic E-state index is 0.0724. The largest absolute Gasteiger partial charge is 0.462 e. The molecule has 0 aromatic heterocycles. The molecule has 0 aromatic carbocycles. The Morgan fingerprint density at radius 3 is 1.39 bits per heavy atom. The van der Waals surface area contributed by atoms with Gasteiger partial charge in [-0.15, -0.1) is 0 Å². The smallest absolute Gasteiger partial charge is 0.306 e. The fraction of sp³-hybridized carbons (Fsp3) is 0.849. The Kier molecular flexibility index (Phi) is 45.6. The minimum atomic E-state index is -0.788. The van der Waals surface area contributed by atoms with Crippen LogP contribution in [-0.4, -0.2) is 46.9 Å². The molecule has 346 valence electrons. The van der Waals surface area contributed by atoms with E-state index >= 15 is 0 Å². The molecule has 0 bridgehead atoms. The summed E-state index contributed by atoms with van der Waals surface area (Å²) in [6.07, 6.45) is 54.9. The van der Waals surface area contributed by atoms with Crippen molar-refractivity contribution in [3.8, 4) is 0 Å². The molecule has 0 saturated carbocycles. The summed E-state index contributed by atoms with van der Waals surface area (Å²) in [5, 5.41) is 23.7. The molecule has 0 radical (unpaired) electrons. The number of allylic oxidation sites excluding steroid dienone is 6. The van der Waals surface area contributed by atoms with Crippen LogP contribution in [0.3, 0.4) is 0 Å². The molecule has 3 atom stereocenters. The molecule has 6 nitrogen and oxygen atoms in total. The number of amides is 1. The highest BCUT2D eigenvalue weighted by molar-refractivity contribution is 5.77. The molecule has 0 saturated heterocycles. The second-order valence-electron chi connectivity index (χ2n) is 17.5. The third kappa shape index (κ3) is 42.6. The molecule has 0 heterocycles. The number of carbonyl (C=O) groups excluding carboxylic acids is 2. The molecule has 1 amide bonds. The van der Waals surface area contributed by atoms with Crippen molar-refractivity contribution < 1.29 is 24.5 Å². The Hall–Kier alpha value is -1.92. The van der Waals surface area contributed by atoms with Crippen LogP contribution in [0.5, 0.6) is 0 Å². The Bertz CT molecular complexity index is 977. The van der Waals surface area contributed by atoms with Gasteiger partial charge in [0, 0.05) is 6.42 Å². The van der Waals surface area contributed by atoms with E-state index in [-0.39, 0.29) is 24.9 Å². The first-order valence-corrected chi connectivity index (χ1v) is 25.7. The molecule has 0 aliphatic heterocycles. The summed E-state index contributed by atoms with van der Waals surface area (Å²) < 4.78 is 5.93. The second kappa shape index (κ2) is 47.1. The average Bonchev–Trinajstić information content (AvgIpc) is 3.23. The molecule has 6 heteroatoms. The Balaban J connectivity index is 4.59. The van der Waals surface area contributed by atoms with Crippen LogP contribution in [0, 0.1) is 0 Å². The third-order valence-electron chi connectivity index (χ3n) is 11.7. The van der Waals surface area contributed by atoms with Gasteiger partial charge in [0.1, 0.15) is 6.10 Å². The molecule has 3 N–H and O–H groups in total. The number of aliphatic hydroxyl groups is 2. The molecule has 0 fully saturated rings. The maximum atomic E-state index is 13.2. The minimum Gasteiger partial charge on any atom is -0.462 e. The Labute approximate surface area is 366 Å². The predicted octanol–water partition coefficient (Wildman–Crippen LogP) is 15.3. The predicted molar refractivity (Wildman–Crippen MR) is 255 cm³/mol. The van der Waals surface area contributed by atoms with Crippen molar-refractivity contribution in [2.45, 2.75) is 283 Å². The summed E-state index contributed by atoms with van der Waals surface area (Å²) in [6, 6.07) is -0.702. The molecule has 0 aliphatic rings. The van der Waals surface area contributed by atoms with Gasteiger partial charge in [0.2, 0.25) is 5.91 Å². The number of ether oxygens (including phenoxy) is 1. The maximum Gasteiger partial charge on any atom is 0.306 e. The van der Waals surface area contributed by atoms with E-state index < -0.39 is 18.2 Å². The highest BCUT2D eigenvalue weighted by Crippen LogP contribution is 2.18. The summed E-state index contributed by atoms with van der Waals surface area (Å²) >= 11 is 0. The lowest BCUT2D eigenvalue weighted by molar-refractivity contribution is -0.151. The van der Waals surface area contributed by atoms with Crippen molar-refractivity contribution in [1.29, 1.82) is 0 Å². The summed E-state index contributed by atoms with van der Waals surface area (Å²) in [5.74, 6) is -0.489. The van der Waals surface area contributed by atoms with Crippen LogP contribution in [0.15, 0.2) is 36.5 Å². The van der Waals surface area contributed by atoms with Crippen molar-refractivity contribution in [1.82, 2.24) is 5.32 Å². The van der Waals surface area contributed by atoms with E-state index in [1.165, 1.54) is 135 Å². The lowest BCUT2D eigenvalue weighted by atomic mass is 10.0. The van der Waals surface area contributed by atoms with E-state index in [1.807, 2.05) is 0 Å². The standard InChI is InChI=1S/C53H99NO5/c1-4-7-10-13-16-19-22-25-27-29-32-35-38-41-44-49(59-53(58)46-43-40-37-34-31-28-26-23-20-17-14-11-8-5-2)47-52(57)54-50(48-55)51(56)45-42-39-36-33-30-24-21-18-15-12-9-6-3/h8,11,17,20,26,28,49-51,55-56H,4-7,9-10,12-16,18-19,21-25,27,29-48H2,1-3H3,(H,54,57)/b11-8+,20-17+,28-26+. The fourth-order valence-corrected chi connectivity index (χ4v) is 7.86. The van der Waals surface area contributed by atoms with Gasteiger partial charge in [-0.2, -0.15) is 0 Å². The van der Waals surface area contributed by atoms with Gasteiger partial charge in [-0.05, 0) is 57.8 Å². The lowest BCUT2D eigenvalue weighted by Gasteiger charge is -2.24. The van der Waals surface area contributed by atoms with Crippen molar-refractivity contribution in [2.24, 2.45) is 0 Å². The van der Waals surface area contributed by atoms with Gasteiger partial charge in [-0.3, -0.25) is 9.59 Å². The van der Waals surface area contributed by atoms with Crippen LogP contribution >= 0.6 is 0 Å². The van der Waals surface area contributed by atoms with Gasteiger partial charge in [0.15, 0.2) is 0 Å². The first-order chi connectivity index (χ1) is 29.0. The van der Waals surface area contributed by atoms with Gasteiger partial charge in [-0.25, -0.2) is 0 Å². The SMILES string of the molecule is CC/C=C/C/C=C/C/C=C/CCCCCCC(=O)OC(CCCCCCCCCCCCCCCC)CC(=O)NC(CO)C(O)CCCCCCCCCCCCCC. The van der Waals surface area contributed by atoms with E-state index in [1.54, 1.807) is 0 Å². The molecular formula is C53H99NO5. The van der Waals surface area contributed by atoms with Gasteiger partial charge < -0.3 is 20.3 Å². The second-order valence-corrected chi connectivity index (χ2v) is 17.5. The van der Waals surface area contributed by atoms with Crippen LogP contribution in [0.4, 0.5) is 0 Å². The van der Waals surface area contributed by atoms with Gasteiger partial charge >= 0.3 is 5.97 Å². The molecular weight excluding hydrogens is 731 g/mol. The van der Waals surface area contributed by atoms with Crippen LogP contribution in [0.25, 0.3) is 0 Å². The molecule has 3 unspecified atom stereocenters. The number of esters is 1. The number of nitrogens with one attached hydrogen (secondary N) is 1. The molecule has 0 aliphatic carbocycles. The van der Waals surface area contributed by atoms with Gasteiger partial charge in [0.05, 0.1) is 25.2 Å². The Morgan fingerprint density at radius 2 is 0.915 bits per heavy atom. The number of rotatable bonds is 46. The summed E-state index contributed by atoms with van der Waals surface area (Å²) in [5.41, 5.74) is 0. The first-order valence-electron chi connectivity index (χ1n) is 25.7. The van der Waals surface area contributed by atoms with Crippen molar-refractivity contribution in [2.75, 3.05) is 6.61 Å². The fourth-order valence-electron chi connectivity index (χ4n) is 7.86. The van der Waals surface area contributed by atoms with Gasteiger partial charge in [0.25, 0.3) is 0 Å². The van der Waals surface area contributed by atoms with Crippen LogP contribution in [0.2, 0.25) is 0 Å². The number of carbonyl (C=O) groups is 2. The molecule has 0 rings (SSSR count). The highest BCUT2D eigenvalue weighted by Gasteiger charge is 2.24. The van der Waals surface area contributed by atoms with E-state index in [4.69, 9.17) is 4.74 Å². The lowest BCUT2D eigenvalue weighted by Crippen LogP contribution is -2.46. The zero-order valence-electron chi connectivity index (χ0n) is 39.4. The first kappa shape index (κ1) is 57.1. The molecule has 0 aromatic rings. The van der Waals surface area contributed by atoms with Crippen LogP contribution in [0.1, 0.15) is 265 Å². The zero-order valence-corrected chi connectivity index (χ0v) is 39.4. The van der Waals surface area contributed by atoms with Crippen molar-refractivity contribution in [3.63, 3.8) is 0 Å². The number of unbranched alkanes of at least 4 members (excludes halogenated alkanes) is 28. The summed E-state index contributed by atoms with van der Waals surface area (Å²) in [7, 11) is 0. The van der Waals surface area contributed by atoms with Crippen molar-refractivity contribution >= 4 is 11.9 Å². The zero-order chi connectivity index (χ0) is 43.1. The number of hydrogen-bond donors (Lipinski definition) is 3. The van der Waals surface area contributed by atoms with E-state index in [0.717, 1.165) is 83.5 Å². The van der Waals surface area contributed by atoms with Crippen molar-refractivity contribution in [3.05, 3.63) is 36.5 Å². The van der Waals surface area contributed by atoms with E-state index in [0.29, 0.717) is 19.3 Å². The summed E-state index contributed by atoms with van der Waals surface area (Å²) in [6.45, 7) is 6.38. The van der Waals surface area contributed by atoms with Crippen LogP contribution in [-0.2, 0) is 14.3 Å². The van der Waals surface area contributed by atoms with E-state index in [9.17, 15) is 19.8 Å². The topological polar surface area (TPSA) is 95.9 Å². The monoisotopic (exact) mass is 830 g/mol. The average molecular weight is 830 g/mol. The van der Waals surface area contributed by atoms with Crippen LogP contribution < -0.4 is 5.32 Å². The highest BCUT2D eigenvalue weighted by atomic mass is 16.5. The quantitative estimate of drug-likeness (QED) is 0.0323. The third-order valence-corrected chi connectivity index (χ3v) is 11.7.